The van der Waals surface area contributed by atoms with E-state index in [1.165, 1.54) is 23.1 Å². The SMILES string of the molecule is C#CCn1nc(-c2ccc(N)c(F)c2)c2c(N)ncnc21. The fourth-order valence-electron chi connectivity index (χ4n) is 2.10. The Balaban J connectivity index is 2.32. The molecule has 3 aromatic rings. The van der Waals surface area contributed by atoms with Gasteiger partial charge in [-0.2, -0.15) is 5.10 Å². The molecular formula is C14H11FN6. The monoisotopic (exact) mass is 282 g/mol. The van der Waals surface area contributed by atoms with Gasteiger partial charge < -0.3 is 11.5 Å². The molecule has 0 fully saturated rings. The van der Waals surface area contributed by atoms with Crippen LogP contribution in [-0.4, -0.2) is 19.7 Å². The minimum atomic E-state index is -0.525. The summed E-state index contributed by atoms with van der Waals surface area (Å²) in [6.07, 6.45) is 6.65. The quantitative estimate of drug-likeness (QED) is 0.547. The van der Waals surface area contributed by atoms with Crippen molar-refractivity contribution in [3.05, 3.63) is 30.3 Å². The Bertz CT molecular complexity index is 877. The van der Waals surface area contributed by atoms with Gasteiger partial charge in [0, 0.05) is 5.56 Å². The molecular weight excluding hydrogens is 271 g/mol. The van der Waals surface area contributed by atoms with Crippen LogP contribution in [0.15, 0.2) is 24.5 Å². The summed E-state index contributed by atoms with van der Waals surface area (Å²) in [4.78, 5) is 8.09. The van der Waals surface area contributed by atoms with Crippen molar-refractivity contribution in [2.75, 3.05) is 11.5 Å². The Kier molecular flexibility index (Phi) is 2.92. The van der Waals surface area contributed by atoms with Gasteiger partial charge in [0.1, 0.15) is 30.2 Å². The average molecular weight is 282 g/mol. The van der Waals surface area contributed by atoms with E-state index >= 15 is 0 Å². The van der Waals surface area contributed by atoms with Crippen molar-refractivity contribution >= 4 is 22.5 Å². The largest absolute Gasteiger partial charge is 0.396 e. The molecule has 0 aliphatic heterocycles. The lowest BCUT2D eigenvalue weighted by Crippen LogP contribution is -2.00. The Labute approximate surface area is 119 Å². The van der Waals surface area contributed by atoms with Crippen molar-refractivity contribution in [1.82, 2.24) is 19.7 Å². The van der Waals surface area contributed by atoms with Crippen LogP contribution in [0.1, 0.15) is 0 Å². The van der Waals surface area contributed by atoms with Crippen LogP contribution >= 0.6 is 0 Å². The van der Waals surface area contributed by atoms with Crippen LogP contribution < -0.4 is 11.5 Å². The van der Waals surface area contributed by atoms with Crippen LogP contribution in [0.2, 0.25) is 0 Å². The maximum atomic E-state index is 13.7. The topological polar surface area (TPSA) is 95.6 Å². The molecule has 1 aromatic carbocycles. The van der Waals surface area contributed by atoms with Crippen LogP contribution in [0.3, 0.4) is 0 Å². The summed E-state index contributed by atoms with van der Waals surface area (Å²) in [6.45, 7) is 0.227. The van der Waals surface area contributed by atoms with Crippen LogP contribution in [0.5, 0.6) is 0 Å². The molecule has 104 valence electrons. The second-order valence-electron chi connectivity index (χ2n) is 4.40. The van der Waals surface area contributed by atoms with Gasteiger partial charge in [0.05, 0.1) is 11.1 Å². The van der Waals surface area contributed by atoms with Gasteiger partial charge >= 0.3 is 0 Å². The molecule has 6 nitrogen and oxygen atoms in total. The Morgan fingerprint density at radius 1 is 1.29 bits per heavy atom. The van der Waals surface area contributed by atoms with E-state index in [1.807, 2.05) is 0 Å². The van der Waals surface area contributed by atoms with Crippen LogP contribution in [0.4, 0.5) is 15.9 Å². The molecule has 0 amide bonds. The van der Waals surface area contributed by atoms with E-state index in [-0.39, 0.29) is 18.1 Å². The lowest BCUT2D eigenvalue weighted by molar-refractivity contribution is 0.633. The second kappa shape index (κ2) is 4.76. The third kappa shape index (κ3) is 2.03. The Hall–Kier alpha value is -3.14. The van der Waals surface area contributed by atoms with E-state index in [2.05, 4.69) is 21.0 Å². The minimum absolute atomic E-state index is 0.0651. The number of rotatable bonds is 2. The standard InChI is InChI=1S/C14H11FN6/c1-2-5-21-14-11(13(17)18-7-19-14)12(20-21)8-3-4-10(16)9(15)6-8/h1,3-4,6-7H,5,16H2,(H2,17,18,19). The maximum Gasteiger partial charge on any atom is 0.164 e. The molecule has 0 spiro atoms. The first-order chi connectivity index (χ1) is 10.1. The summed E-state index contributed by atoms with van der Waals surface area (Å²) in [5.41, 5.74) is 13.0. The number of hydrogen-bond donors (Lipinski definition) is 2. The molecule has 0 aliphatic carbocycles. The fraction of sp³-hybridized carbons (Fsp3) is 0.0714. The van der Waals surface area contributed by atoms with Crippen LogP contribution in [0.25, 0.3) is 22.3 Å². The molecule has 2 aromatic heterocycles. The van der Waals surface area contributed by atoms with E-state index in [1.54, 1.807) is 6.07 Å². The zero-order valence-corrected chi connectivity index (χ0v) is 10.9. The zero-order chi connectivity index (χ0) is 15.0. The van der Waals surface area contributed by atoms with E-state index in [0.29, 0.717) is 22.3 Å². The molecule has 7 heteroatoms. The summed E-state index contributed by atoms with van der Waals surface area (Å²) < 4.78 is 15.2. The van der Waals surface area contributed by atoms with Crippen molar-refractivity contribution in [2.45, 2.75) is 6.54 Å². The Morgan fingerprint density at radius 3 is 2.81 bits per heavy atom. The summed E-state index contributed by atoms with van der Waals surface area (Å²) in [5, 5.41) is 4.90. The van der Waals surface area contributed by atoms with Gasteiger partial charge in [-0.25, -0.2) is 19.0 Å². The average Bonchev–Trinajstić information content (AvgIpc) is 2.83. The minimum Gasteiger partial charge on any atom is -0.396 e. The number of nitrogen functional groups attached to an aromatic ring is 2. The fourth-order valence-corrected chi connectivity index (χ4v) is 2.10. The molecule has 0 radical (unpaired) electrons. The molecule has 0 atom stereocenters. The number of aromatic nitrogens is 4. The highest BCUT2D eigenvalue weighted by Gasteiger charge is 2.17. The first-order valence-electron chi connectivity index (χ1n) is 6.07. The first kappa shape index (κ1) is 12.9. The normalized spacial score (nSPS) is 10.7. The summed E-state index contributed by atoms with van der Waals surface area (Å²) >= 11 is 0. The van der Waals surface area contributed by atoms with Gasteiger partial charge in [-0.15, -0.1) is 6.42 Å². The van der Waals surface area contributed by atoms with E-state index in [9.17, 15) is 4.39 Å². The lowest BCUT2D eigenvalue weighted by Gasteiger charge is -2.01. The van der Waals surface area contributed by atoms with Gasteiger partial charge in [-0.1, -0.05) is 12.0 Å². The third-order valence-electron chi connectivity index (χ3n) is 3.07. The number of terminal acetylenes is 1. The van der Waals surface area contributed by atoms with Crippen molar-refractivity contribution in [1.29, 1.82) is 0 Å². The number of nitrogens with two attached hydrogens (primary N) is 2. The van der Waals surface area contributed by atoms with Crippen molar-refractivity contribution in [2.24, 2.45) is 0 Å². The van der Waals surface area contributed by atoms with Crippen molar-refractivity contribution in [3.63, 3.8) is 0 Å². The van der Waals surface area contributed by atoms with Gasteiger partial charge in [0.15, 0.2) is 5.65 Å². The van der Waals surface area contributed by atoms with Crippen molar-refractivity contribution in [3.8, 4) is 23.6 Å². The van der Waals surface area contributed by atoms with Gasteiger partial charge in [-0.3, -0.25) is 0 Å². The Morgan fingerprint density at radius 2 is 2.10 bits per heavy atom. The number of hydrogen-bond acceptors (Lipinski definition) is 5. The summed E-state index contributed by atoms with van der Waals surface area (Å²) in [7, 11) is 0. The number of fused-ring (bicyclic) bond motifs is 1. The predicted molar refractivity (Wildman–Crippen MR) is 78.4 cm³/mol. The van der Waals surface area contributed by atoms with E-state index in [4.69, 9.17) is 17.9 Å². The molecule has 0 unspecified atom stereocenters. The summed E-state index contributed by atoms with van der Waals surface area (Å²) in [5.74, 6) is 2.22. The third-order valence-corrected chi connectivity index (χ3v) is 3.07. The molecule has 2 heterocycles. The van der Waals surface area contributed by atoms with Crippen LogP contribution in [-0.2, 0) is 6.54 Å². The highest BCUT2D eigenvalue weighted by molar-refractivity contribution is 5.98. The maximum absolute atomic E-state index is 13.7. The van der Waals surface area contributed by atoms with Gasteiger partial charge in [0.2, 0.25) is 0 Å². The molecule has 0 bridgehead atoms. The number of nitrogens with zero attached hydrogens (tertiary/aromatic N) is 4. The highest BCUT2D eigenvalue weighted by atomic mass is 19.1. The second-order valence-corrected chi connectivity index (χ2v) is 4.40. The lowest BCUT2D eigenvalue weighted by atomic mass is 10.1. The highest BCUT2D eigenvalue weighted by Crippen LogP contribution is 2.31. The molecule has 3 rings (SSSR count). The number of halogens is 1. The smallest absolute Gasteiger partial charge is 0.164 e. The van der Waals surface area contributed by atoms with Crippen molar-refractivity contribution < 1.29 is 4.39 Å². The zero-order valence-electron chi connectivity index (χ0n) is 10.9. The molecule has 4 N–H and O–H groups in total. The van der Waals surface area contributed by atoms with Crippen LogP contribution in [0, 0.1) is 18.2 Å². The van der Waals surface area contributed by atoms with Gasteiger partial charge in [0.25, 0.3) is 0 Å². The van der Waals surface area contributed by atoms with E-state index < -0.39 is 5.82 Å². The molecule has 0 saturated carbocycles. The molecule has 21 heavy (non-hydrogen) atoms. The number of anilines is 2. The first-order valence-corrected chi connectivity index (χ1v) is 6.07. The molecule has 0 aliphatic rings. The van der Waals surface area contributed by atoms with E-state index in [0.717, 1.165) is 0 Å². The summed E-state index contributed by atoms with van der Waals surface area (Å²) in [6, 6.07) is 4.42. The number of benzene rings is 1. The van der Waals surface area contributed by atoms with Gasteiger partial charge in [-0.05, 0) is 12.1 Å². The molecule has 0 saturated heterocycles. The predicted octanol–water partition coefficient (Wildman–Crippen LogP) is 1.43.